The summed E-state index contributed by atoms with van der Waals surface area (Å²) in [7, 11) is 1.55. The zero-order valence-corrected chi connectivity index (χ0v) is 9.63. The molecule has 1 atom stereocenters. The van der Waals surface area contributed by atoms with Crippen LogP contribution in [0.2, 0.25) is 0 Å². The molecule has 2 nitrogen and oxygen atoms in total. The molecule has 0 saturated heterocycles. The van der Waals surface area contributed by atoms with Crippen LogP contribution in [0.1, 0.15) is 30.0 Å². The Morgan fingerprint density at radius 1 is 1.29 bits per heavy atom. The molecule has 0 fully saturated rings. The van der Waals surface area contributed by atoms with Crippen molar-refractivity contribution in [2.45, 2.75) is 25.1 Å². The second-order valence-corrected chi connectivity index (χ2v) is 3.83. The molecule has 0 heterocycles. The van der Waals surface area contributed by atoms with Crippen molar-refractivity contribution in [3.05, 3.63) is 35.4 Å². The molecule has 0 aliphatic carbocycles. The van der Waals surface area contributed by atoms with Crippen molar-refractivity contribution in [2.75, 3.05) is 13.7 Å². The lowest BCUT2D eigenvalue weighted by Gasteiger charge is -2.18. The van der Waals surface area contributed by atoms with Crippen molar-refractivity contribution in [3.8, 4) is 0 Å². The summed E-state index contributed by atoms with van der Waals surface area (Å²) in [6.45, 7) is 0.502. The number of benzene rings is 1. The van der Waals surface area contributed by atoms with E-state index in [-0.39, 0.29) is 5.56 Å². The molecule has 0 aliphatic heterocycles. The number of alkyl halides is 3. The largest absolute Gasteiger partial charge is 0.416 e. The van der Waals surface area contributed by atoms with Gasteiger partial charge in [-0.2, -0.15) is 13.2 Å². The van der Waals surface area contributed by atoms with Crippen LogP contribution in [0.25, 0.3) is 0 Å². The minimum atomic E-state index is -4.35. The molecule has 1 unspecified atom stereocenters. The van der Waals surface area contributed by atoms with E-state index in [1.54, 1.807) is 13.2 Å². The smallest absolute Gasteiger partial charge is 0.385 e. The summed E-state index contributed by atoms with van der Waals surface area (Å²) in [5.41, 5.74) is 5.28. The molecule has 0 saturated carbocycles. The van der Waals surface area contributed by atoms with Crippen LogP contribution in [0, 0.1) is 0 Å². The standard InChI is InChI=1S/C12H16F3NO/c1-17-8-4-7-11(16)9-5-2-3-6-10(9)12(13,14)15/h2-3,5-6,11H,4,7-8,16H2,1H3. The molecule has 0 radical (unpaired) electrons. The van der Waals surface area contributed by atoms with E-state index in [0.29, 0.717) is 19.4 Å². The molecule has 0 amide bonds. The quantitative estimate of drug-likeness (QED) is 0.811. The summed E-state index contributed by atoms with van der Waals surface area (Å²) in [6.07, 6.45) is -3.24. The van der Waals surface area contributed by atoms with Crippen molar-refractivity contribution < 1.29 is 17.9 Å². The van der Waals surface area contributed by atoms with E-state index in [0.717, 1.165) is 6.07 Å². The van der Waals surface area contributed by atoms with Crippen LogP contribution in [0.4, 0.5) is 13.2 Å². The number of methoxy groups -OCH3 is 1. The number of hydrogen-bond donors (Lipinski definition) is 1. The van der Waals surface area contributed by atoms with Crippen LogP contribution in [0.15, 0.2) is 24.3 Å². The monoisotopic (exact) mass is 247 g/mol. The summed E-state index contributed by atoms with van der Waals surface area (Å²) >= 11 is 0. The van der Waals surface area contributed by atoms with Gasteiger partial charge in [0.15, 0.2) is 0 Å². The van der Waals surface area contributed by atoms with E-state index in [2.05, 4.69) is 0 Å². The molecule has 1 aromatic carbocycles. The van der Waals surface area contributed by atoms with Crippen molar-refractivity contribution in [1.29, 1.82) is 0 Å². The predicted octanol–water partition coefficient (Wildman–Crippen LogP) is 3.13. The highest BCUT2D eigenvalue weighted by Gasteiger charge is 2.34. The first-order chi connectivity index (χ1) is 7.96. The second kappa shape index (κ2) is 6.02. The van der Waals surface area contributed by atoms with Gasteiger partial charge in [0.05, 0.1) is 5.56 Å². The van der Waals surface area contributed by atoms with E-state index in [1.807, 2.05) is 0 Å². The Kier molecular flexibility index (Phi) is 4.96. The molecule has 1 rings (SSSR count). The van der Waals surface area contributed by atoms with Crippen LogP contribution >= 0.6 is 0 Å². The highest BCUT2D eigenvalue weighted by molar-refractivity contribution is 5.32. The maximum Gasteiger partial charge on any atom is 0.416 e. The van der Waals surface area contributed by atoms with Gasteiger partial charge in [0.2, 0.25) is 0 Å². The first-order valence-electron chi connectivity index (χ1n) is 5.37. The predicted molar refractivity (Wildman–Crippen MR) is 59.5 cm³/mol. The summed E-state index contributed by atoms with van der Waals surface area (Å²) in [5, 5.41) is 0. The number of halogens is 3. The van der Waals surface area contributed by atoms with E-state index >= 15 is 0 Å². The molecular weight excluding hydrogens is 231 g/mol. The van der Waals surface area contributed by atoms with E-state index < -0.39 is 17.8 Å². The third-order valence-corrected chi connectivity index (χ3v) is 2.53. The molecular formula is C12H16F3NO. The second-order valence-electron chi connectivity index (χ2n) is 3.83. The molecule has 1 aromatic rings. The fourth-order valence-corrected chi connectivity index (χ4v) is 1.68. The minimum Gasteiger partial charge on any atom is -0.385 e. The van der Waals surface area contributed by atoms with Crippen LogP contribution < -0.4 is 5.73 Å². The minimum absolute atomic E-state index is 0.149. The third kappa shape index (κ3) is 4.02. The van der Waals surface area contributed by atoms with Gasteiger partial charge in [-0.1, -0.05) is 18.2 Å². The summed E-state index contributed by atoms with van der Waals surface area (Å²) < 4.78 is 43.0. The van der Waals surface area contributed by atoms with Crippen molar-refractivity contribution in [1.82, 2.24) is 0 Å². The molecule has 2 N–H and O–H groups in total. The Morgan fingerprint density at radius 3 is 2.53 bits per heavy atom. The fourth-order valence-electron chi connectivity index (χ4n) is 1.68. The molecule has 96 valence electrons. The molecule has 0 spiro atoms. The lowest BCUT2D eigenvalue weighted by molar-refractivity contribution is -0.138. The maximum absolute atomic E-state index is 12.7. The van der Waals surface area contributed by atoms with Crippen molar-refractivity contribution in [2.24, 2.45) is 5.73 Å². The average Bonchev–Trinajstić information content (AvgIpc) is 2.28. The highest BCUT2D eigenvalue weighted by Crippen LogP contribution is 2.34. The first kappa shape index (κ1) is 14.0. The van der Waals surface area contributed by atoms with E-state index in [9.17, 15) is 13.2 Å². The van der Waals surface area contributed by atoms with Gasteiger partial charge < -0.3 is 10.5 Å². The number of nitrogens with two attached hydrogens (primary N) is 1. The van der Waals surface area contributed by atoms with Gasteiger partial charge in [0, 0.05) is 19.8 Å². The Balaban J connectivity index is 2.82. The normalized spacial score (nSPS) is 13.7. The molecule has 17 heavy (non-hydrogen) atoms. The van der Waals surface area contributed by atoms with Gasteiger partial charge in [-0.25, -0.2) is 0 Å². The Hall–Kier alpha value is -1.07. The lowest BCUT2D eigenvalue weighted by atomic mass is 9.97. The molecule has 5 heteroatoms. The van der Waals surface area contributed by atoms with Crippen LogP contribution in [-0.2, 0) is 10.9 Å². The Labute approximate surface area is 98.6 Å². The van der Waals surface area contributed by atoms with Crippen LogP contribution in [-0.4, -0.2) is 13.7 Å². The topological polar surface area (TPSA) is 35.2 Å². The fraction of sp³-hybridized carbons (Fsp3) is 0.500. The van der Waals surface area contributed by atoms with Crippen molar-refractivity contribution in [3.63, 3.8) is 0 Å². The Bertz CT molecular complexity index is 352. The number of rotatable bonds is 5. The lowest BCUT2D eigenvalue weighted by Crippen LogP contribution is -2.17. The number of ether oxygens (including phenoxy) is 1. The highest BCUT2D eigenvalue weighted by atomic mass is 19.4. The third-order valence-electron chi connectivity index (χ3n) is 2.53. The van der Waals surface area contributed by atoms with Crippen LogP contribution in [0.3, 0.4) is 0 Å². The maximum atomic E-state index is 12.7. The molecule has 0 aliphatic rings. The van der Waals surface area contributed by atoms with Gasteiger partial charge in [0.1, 0.15) is 0 Å². The van der Waals surface area contributed by atoms with Crippen molar-refractivity contribution >= 4 is 0 Å². The van der Waals surface area contributed by atoms with Crippen LogP contribution in [0.5, 0.6) is 0 Å². The zero-order valence-electron chi connectivity index (χ0n) is 9.63. The van der Waals surface area contributed by atoms with Gasteiger partial charge in [-0.05, 0) is 24.5 Å². The van der Waals surface area contributed by atoms with Gasteiger partial charge >= 0.3 is 6.18 Å². The number of hydrogen-bond acceptors (Lipinski definition) is 2. The van der Waals surface area contributed by atoms with Gasteiger partial charge in [-0.15, -0.1) is 0 Å². The average molecular weight is 247 g/mol. The van der Waals surface area contributed by atoms with E-state index in [1.165, 1.54) is 12.1 Å². The first-order valence-corrected chi connectivity index (χ1v) is 5.37. The summed E-state index contributed by atoms with van der Waals surface area (Å²) in [5.74, 6) is 0. The summed E-state index contributed by atoms with van der Waals surface area (Å²) in [6, 6.07) is 4.82. The van der Waals surface area contributed by atoms with Gasteiger partial charge in [0.25, 0.3) is 0 Å². The SMILES string of the molecule is COCCCC(N)c1ccccc1C(F)(F)F. The zero-order chi connectivity index (χ0) is 12.9. The molecule has 0 aromatic heterocycles. The molecule has 0 bridgehead atoms. The van der Waals surface area contributed by atoms with E-state index in [4.69, 9.17) is 10.5 Å². The van der Waals surface area contributed by atoms with Gasteiger partial charge in [-0.3, -0.25) is 0 Å². The Morgan fingerprint density at radius 2 is 1.94 bits per heavy atom. The summed E-state index contributed by atoms with van der Waals surface area (Å²) in [4.78, 5) is 0.